The number of primary amides is 1. The maximum Gasteiger partial charge on any atom is 0.248 e. The molecule has 1 unspecified atom stereocenters. The van der Waals surface area contributed by atoms with Gasteiger partial charge in [0.2, 0.25) is 5.91 Å². The van der Waals surface area contributed by atoms with Gasteiger partial charge in [-0.3, -0.25) is 4.79 Å². The van der Waals surface area contributed by atoms with Crippen molar-refractivity contribution in [2.45, 2.75) is 44.9 Å². The minimum absolute atomic E-state index is 0.135. The van der Waals surface area contributed by atoms with Gasteiger partial charge in [0.1, 0.15) is 5.82 Å². The second kappa shape index (κ2) is 5.89. The van der Waals surface area contributed by atoms with Gasteiger partial charge in [-0.2, -0.15) is 0 Å². The molecule has 0 aromatic heterocycles. The Hall–Kier alpha value is -1.46. The number of ether oxygens (including phenoxy) is 1. The first-order chi connectivity index (χ1) is 9.37. The first-order valence-corrected chi connectivity index (χ1v) is 6.83. The molecule has 0 aliphatic carbocycles. The van der Waals surface area contributed by atoms with Crippen LogP contribution in [0.2, 0.25) is 0 Å². The van der Waals surface area contributed by atoms with Crippen LogP contribution in [0.3, 0.4) is 0 Å². The molecule has 1 atom stereocenters. The summed E-state index contributed by atoms with van der Waals surface area (Å²) in [5.74, 6) is -1.02. The predicted octanol–water partition coefficient (Wildman–Crippen LogP) is 1.97. The van der Waals surface area contributed by atoms with Gasteiger partial charge in [-0.05, 0) is 38.8 Å². The molecular formula is C15H21FN2O2. The Kier molecular flexibility index (Phi) is 4.40. The zero-order chi connectivity index (χ0) is 14.8. The molecule has 1 aliphatic rings. The van der Waals surface area contributed by atoms with E-state index in [9.17, 15) is 9.18 Å². The normalized spacial score (nSPS) is 21.6. The zero-order valence-corrected chi connectivity index (χ0v) is 11.9. The van der Waals surface area contributed by atoms with E-state index < -0.39 is 11.7 Å². The van der Waals surface area contributed by atoms with E-state index >= 15 is 0 Å². The lowest BCUT2D eigenvalue weighted by Crippen LogP contribution is -2.43. The molecule has 0 spiro atoms. The highest BCUT2D eigenvalue weighted by Crippen LogP contribution is 2.24. The second-order valence-corrected chi connectivity index (χ2v) is 5.85. The van der Waals surface area contributed by atoms with E-state index in [2.05, 4.69) is 19.2 Å². The Morgan fingerprint density at radius 2 is 2.30 bits per heavy atom. The van der Waals surface area contributed by atoms with Crippen molar-refractivity contribution in [1.29, 1.82) is 0 Å². The lowest BCUT2D eigenvalue weighted by Gasteiger charge is -2.36. The Labute approximate surface area is 118 Å². The van der Waals surface area contributed by atoms with Crippen molar-refractivity contribution < 1.29 is 13.9 Å². The van der Waals surface area contributed by atoms with Crippen LogP contribution in [0, 0.1) is 5.82 Å². The number of nitrogens with one attached hydrogen (secondary N) is 1. The van der Waals surface area contributed by atoms with Crippen molar-refractivity contribution in [3.8, 4) is 0 Å². The first-order valence-electron chi connectivity index (χ1n) is 6.83. The van der Waals surface area contributed by atoms with Gasteiger partial charge in [0, 0.05) is 30.3 Å². The fraction of sp³-hybridized carbons (Fsp3) is 0.533. The number of benzene rings is 1. The Morgan fingerprint density at radius 3 is 2.90 bits per heavy atom. The number of amides is 1. The maximum absolute atomic E-state index is 13.8. The van der Waals surface area contributed by atoms with E-state index in [1.807, 2.05) is 0 Å². The number of halogens is 1. The summed E-state index contributed by atoms with van der Waals surface area (Å²) in [6, 6.07) is 4.66. The molecule has 0 saturated carbocycles. The summed E-state index contributed by atoms with van der Waals surface area (Å²) in [6.07, 6.45) is 1.82. The number of nitrogens with two attached hydrogens (primary N) is 1. The van der Waals surface area contributed by atoms with Crippen LogP contribution in [0.15, 0.2) is 18.2 Å². The lowest BCUT2D eigenvalue weighted by atomic mass is 9.94. The predicted molar refractivity (Wildman–Crippen MR) is 74.8 cm³/mol. The van der Waals surface area contributed by atoms with E-state index in [4.69, 9.17) is 10.5 Å². The summed E-state index contributed by atoms with van der Waals surface area (Å²) in [5, 5.41) is 3.35. The van der Waals surface area contributed by atoms with E-state index in [0.29, 0.717) is 24.8 Å². The molecule has 20 heavy (non-hydrogen) atoms. The largest absolute Gasteiger partial charge is 0.375 e. The molecule has 1 fully saturated rings. The average molecular weight is 280 g/mol. The Balaban J connectivity index is 1.95. The van der Waals surface area contributed by atoms with Gasteiger partial charge >= 0.3 is 0 Å². The van der Waals surface area contributed by atoms with E-state index in [1.54, 1.807) is 12.1 Å². The summed E-state index contributed by atoms with van der Waals surface area (Å²) in [5.41, 5.74) is 5.72. The van der Waals surface area contributed by atoms with Crippen LogP contribution >= 0.6 is 0 Å². The van der Waals surface area contributed by atoms with Gasteiger partial charge in [0.05, 0.1) is 5.60 Å². The summed E-state index contributed by atoms with van der Waals surface area (Å²) >= 11 is 0. The minimum atomic E-state index is -0.616. The number of hydrogen-bond acceptors (Lipinski definition) is 3. The quantitative estimate of drug-likeness (QED) is 0.886. The van der Waals surface area contributed by atoms with Gasteiger partial charge in [0.25, 0.3) is 0 Å². The molecule has 2 rings (SSSR count). The zero-order valence-electron chi connectivity index (χ0n) is 11.9. The molecule has 1 aromatic carbocycles. The van der Waals surface area contributed by atoms with Crippen LogP contribution in [-0.2, 0) is 11.3 Å². The standard InChI is InChI=1S/C15H21FN2O2/c1-15(2)8-12(5-6-20-15)18-9-11-4-3-10(14(17)19)7-13(11)16/h3-4,7,12,18H,5-6,8-9H2,1-2H3,(H2,17,19). The summed E-state index contributed by atoms with van der Waals surface area (Å²) in [6.45, 7) is 5.27. The smallest absolute Gasteiger partial charge is 0.248 e. The fourth-order valence-electron chi connectivity index (χ4n) is 2.50. The molecule has 1 amide bonds. The second-order valence-electron chi connectivity index (χ2n) is 5.85. The molecule has 3 N–H and O–H groups in total. The number of rotatable bonds is 4. The van der Waals surface area contributed by atoms with Crippen LogP contribution in [0.1, 0.15) is 42.6 Å². The van der Waals surface area contributed by atoms with E-state index in [-0.39, 0.29) is 11.2 Å². The third-order valence-electron chi connectivity index (χ3n) is 3.62. The molecule has 110 valence electrons. The summed E-state index contributed by atoms with van der Waals surface area (Å²) in [7, 11) is 0. The molecule has 1 saturated heterocycles. The highest BCUT2D eigenvalue weighted by Gasteiger charge is 2.28. The molecule has 1 heterocycles. The van der Waals surface area contributed by atoms with Gasteiger partial charge in [0.15, 0.2) is 0 Å². The van der Waals surface area contributed by atoms with Gasteiger partial charge < -0.3 is 15.8 Å². The van der Waals surface area contributed by atoms with Crippen molar-refractivity contribution in [1.82, 2.24) is 5.32 Å². The van der Waals surface area contributed by atoms with Crippen molar-refractivity contribution in [3.63, 3.8) is 0 Å². The maximum atomic E-state index is 13.8. The molecule has 0 radical (unpaired) electrons. The molecule has 5 heteroatoms. The van der Waals surface area contributed by atoms with Crippen LogP contribution < -0.4 is 11.1 Å². The SMILES string of the molecule is CC1(C)CC(NCc2ccc(C(N)=O)cc2F)CCO1. The fourth-order valence-corrected chi connectivity index (χ4v) is 2.50. The monoisotopic (exact) mass is 280 g/mol. The highest BCUT2D eigenvalue weighted by molar-refractivity contribution is 5.92. The van der Waals surface area contributed by atoms with E-state index in [0.717, 1.165) is 12.8 Å². The number of hydrogen-bond donors (Lipinski definition) is 2. The first kappa shape index (κ1) is 14.9. The average Bonchev–Trinajstić information content (AvgIpc) is 2.36. The van der Waals surface area contributed by atoms with Crippen LogP contribution in [-0.4, -0.2) is 24.2 Å². The molecule has 1 aliphatic heterocycles. The summed E-state index contributed by atoms with van der Waals surface area (Å²) < 4.78 is 19.5. The van der Waals surface area contributed by atoms with Crippen molar-refractivity contribution in [3.05, 3.63) is 35.1 Å². The third-order valence-corrected chi connectivity index (χ3v) is 3.62. The summed E-state index contributed by atoms with van der Waals surface area (Å²) in [4.78, 5) is 11.0. The van der Waals surface area contributed by atoms with Crippen molar-refractivity contribution >= 4 is 5.91 Å². The minimum Gasteiger partial charge on any atom is -0.375 e. The lowest BCUT2D eigenvalue weighted by molar-refractivity contribution is -0.0630. The van der Waals surface area contributed by atoms with Gasteiger partial charge in [-0.15, -0.1) is 0 Å². The molecule has 4 nitrogen and oxygen atoms in total. The third kappa shape index (κ3) is 3.77. The molecule has 1 aromatic rings. The van der Waals surface area contributed by atoms with Crippen LogP contribution in [0.25, 0.3) is 0 Å². The van der Waals surface area contributed by atoms with Crippen LogP contribution in [0.4, 0.5) is 4.39 Å². The number of carbonyl (C=O) groups excluding carboxylic acids is 1. The molecular weight excluding hydrogens is 259 g/mol. The number of carbonyl (C=O) groups is 1. The van der Waals surface area contributed by atoms with Crippen molar-refractivity contribution in [2.24, 2.45) is 5.73 Å². The van der Waals surface area contributed by atoms with Crippen LogP contribution in [0.5, 0.6) is 0 Å². The van der Waals surface area contributed by atoms with E-state index in [1.165, 1.54) is 6.07 Å². The van der Waals surface area contributed by atoms with Gasteiger partial charge in [-0.25, -0.2) is 4.39 Å². The Morgan fingerprint density at radius 1 is 1.55 bits per heavy atom. The van der Waals surface area contributed by atoms with Crippen molar-refractivity contribution in [2.75, 3.05) is 6.61 Å². The Bertz CT molecular complexity index is 503. The van der Waals surface area contributed by atoms with Gasteiger partial charge in [-0.1, -0.05) is 6.07 Å². The highest BCUT2D eigenvalue weighted by atomic mass is 19.1. The topological polar surface area (TPSA) is 64.3 Å². The molecule has 0 bridgehead atoms.